The molecule has 0 amide bonds. The molecule has 0 aliphatic heterocycles. The molecule has 0 saturated heterocycles. The van der Waals surface area contributed by atoms with E-state index in [0.717, 1.165) is 11.3 Å². The molecular formula is C25H21N. The van der Waals surface area contributed by atoms with Gasteiger partial charge >= 0.3 is 0 Å². The molecule has 0 saturated carbocycles. The van der Waals surface area contributed by atoms with Crippen molar-refractivity contribution in [2.75, 3.05) is 5.73 Å². The summed E-state index contributed by atoms with van der Waals surface area (Å²) in [4.78, 5) is 0. The zero-order chi connectivity index (χ0) is 18.0. The quantitative estimate of drug-likeness (QED) is 0.340. The molecule has 0 aromatic heterocycles. The van der Waals surface area contributed by atoms with Crippen LogP contribution < -0.4 is 5.73 Å². The molecule has 1 aliphatic rings. The Morgan fingerprint density at radius 2 is 1.35 bits per heavy atom. The number of hydrogen-bond donors (Lipinski definition) is 1. The minimum atomic E-state index is 0.897. The summed E-state index contributed by atoms with van der Waals surface area (Å²) in [6.07, 6.45) is 0. The van der Waals surface area contributed by atoms with Crippen LogP contribution in [0.25, 0.3) is 44.2 Å². The molecule has 0 fully saturated rings. The highest BCUT2D eigenvalue weighted by Crippen LogP contribution is 2.50. The Balaban J connectivity index is 1.83. The van der Waals surface area contributed by atoms with E-state index < -0.39 is 0 Å². The van der Waals surface area contributed by atoms with Gasteiger partial charge < -0.3 is 5.73 Å². The highest BCUT2D eigenvalue weighted by atomic mass is 14.6. The molecule has 1 aliphatic carbocycles. The van der Waals surface area contributed by atoms with E-state index in [2.05, 4.69) is 81.4 Å². The molecule has 0 spiro atoms. The van der Waals surface area contributed by atoms with Crippen molar-refractivity contribution < 1.29 is 0 Å². The summed E-state index contributed by atoms with van der Waals surface area (Å²) in [6, 6.07) is 22.1. The standard InChI is InChI=1S/C25H21N/c1-14-6-4-7-15(2)23(14)17-10-11-18-21(13-17)19-8-5-9-20-24(19)22(18)12-16(3)25(20)26/h4-13H,26H2,1-3H3. The SMILES string of the molecule is Cc1cccc(C)c1-c1ccc2c(c1)-c1cccc3c(N)c(C)cc-2c13. The molecular weight excluding hydrogens is 314 g/mol. The van der Waals surface area contributed by atoms with Crippen LogP contribution in [0.3, 0.4) is 0 Å². The summed E-state index contributed by atoms with van der Waals surface area (Å²) in [5.74, 6) is 0. The molecule has 1 heteroatoms. The van der Waals surface area contributed by atoms with Gasteiger partial charge in [0.2, 0.25) is 0 Å². The van der Waals surface area contributed by atoms with Gasteiger partial charge in [0.25, 0.3) is 0 Å². The fourth-order valence-corrected chi connectivity index (χ4v) is 4.51. The lowest BCUT2D eigenvalue weighted by atomic mass is 9.92. The van der Waals surface area contributed by atoms with Gasteiger partial charge in [0.15, 0.2) is 0 Å². The number of benzene rings is 4. The van der Waals surface area contributed by atoms with E-state index in [1.807, 2.05) is 0 Å². The van der Waals surface area contributed by atoms with Gasteiger partial charge in [-0.25, -0.2) is 0 Å². The first-order chi connectivity index (χ1) is 12.6. The van der Waals surface area contributed by atoms with E-state index in [9.17, 15) is 0 Å². The van der Waals surface area contributed by atoms with E-state index in [4.69, 9.17) is 5.73 Å². The molecule has 0 unspecified atom stereocenters. The molecule has 0 radical (unpaired) electrons. The third-order valence-electron chi connectivity index (χ3n) is 5.78. The van der Waals surface area contributed by atoms with E-state index in [-0.39, 0.29) is 0 Å². The summed E-state index contributed by atoms with van der Waals surface area (Å²) in [5, 5.41) is 2.46. The van der Waals surface area contributed by atoms with Gasteiger partial charge in [0.1, 0.15) is 0 Å². The van der Waals surface area contributed by atoms with Crippen LogP contribution in [0.4, 0.5) is 5.69 Å². The van der Waals surface area contributed by atoms with Gasteiger partial charge in [-0.1, -0.05) is 48.5 Å². The van der Waals surface area contributed by atoms with Gasteiger partial charge in [0, 0.05) is 11.1 Å². The Morgan fingerprint density at radius 3 is 2.12 bits per heavy atom. The largest absolute Gasteiger partial charge is 0.398 e. The third kappa shape index (κ3) is 1.91. The Hall–Kier alpha value is -3.06. The van der Waals surface area contributed by atoms with Gasteiger partial charge in [0.05, 0.1) is 0 Å². The average molecular weight is 335 g/mol. The summed E-state index contributed by atoms with van der Waals surface area (Å²) in [7, 11) is 0. The first kappa shape index (κ1) is 15.2. The Kier molecular flexibility index (Phi) is 3.05. The minimum Gasteiger partial charge on any atom is -0.398 e. The second-order valence-electron chi connectivity index (χ2n) is 7.41. The fourth-order valence-electron chi connectivity index (χ4n) is 4.51. The Morgan fingerprint density at radius 1 is 0.615 bits per heavy atom. The first-order valence-corrected chi connectivity index (χ1v) is 9.09. The normalized spacial score (nSPS) is 11.8. The second kappa shape index (κ2) is 5.22. The zero-order valence-electron chi connectivity index (χ0n) is 15.4. The molecule has 1 nitrogen and oxygen atoms in total. The van der Waals surface area contributed by atoms with E-state index in [0.29, 0.717) is 0 Å². The van der Waals surface area contributed by atoms with Crippen LogP contribution in [0.1, 0.15) is 16.7 Å². The van der Waals surface area contributed by atoms with Crippen LogP contribution >= 0.6 is 0 Å². The van der Waals surface area contributed by atoms with Crippen molar-refractivity contribution in [2.24, 2.45) is 0 Å². The van der Waals surface area contributed by atoms with Crippen LogP contribution in [0.5, 0.6) is 0 Å². The summed E-state index contributed by atoms with van der Waals surface area (Å²) >= 11 is 0. The first-order valence-electron chi connectivity index (χ1n) is 9.09. The number of nitrogen functional groups attached to an aromatic ring is 1. The fraction of sp³-hybridized carbons (Fsp3) is 0.120. The molecule has 0 atom stereocenters. The number of fused-ring (bicyclic) bond motifs is 3. The molecule has 4 aromatic carbocycles. The van der Waals surface area contributed by atoms with Gasteiger partial charge in [-0.15, -0.1) is 0 Å². The van der Waals surface area contributed by atoms with E-state index >= 15 is 0 Å². The predicted molar refractivity (Wildman–Crippen MR) is 112 cm³/mol. The van der Waals surface area contributed by atoms with E-state index in [1.165, 1.54) is 55.3 Å². The zero-order valence-corrected chi connectivity index (χ0v) is 15.4. The minimum absolute atomic E-state index is 0.897. The van der Waals surface area contributed by atoms with Crippen molar-refractivity contribution in [3.8, 4) is 33.4 Å². The van der Waals surface area contributed by atoms with Gasteiger partial charge in [-0.2, -0.15) is 0 Å². The Labute approximate surface area is 154 Å². The van der Waals surface area contributed by atoms with Crippen molar-refractivity contribution in [1.82, 2.24) is 0 Å². The van der Waals surface area contributed by atoms with Gasteiger partial charge in [-0.3, -0.25) is 0 Å². The molecule has 5 rings (SSSR count). The number of anilines is 1. The number of nitrogens with two attached hydrogens (primary N) is 1. The lowest BCUT2D eigenvalue weighted by Gasteiger charge is -2.12. The van der Waals surface area contributed by atoms with Crippen molar-refractivity contribution >= 4 is 16.5 Å². The smallest absolute Gasteiger partial charge is 0.0424 e. The lowest BCUT2D eigenvalue weighted by molar-refractivity contribution is 1.38. The van der Waals surface area contributed by atoms with Crippen molar-refractivity contribution in [3.05, 3.63) is 77.4 Å². The van der Waals surface area contributed by atoms with Gasteiger partial charge in [-0.05, 0) is 88.4 Å². The number of hydrogen-bond acceptors (Lipinski definition) is 1. The molecule has 0 bridgehead atoms. The monoisotopic (exact) mass is 335 g/mol. The molecule has 26 heavy (non-hydrogen) atoms. The molecule has 4 aromatic rings. The Bertz CT molecular complexity index is 1190. The maximum Gasteiger partial charge on any atom is 0.0424 e. The van der Waals surface area contributed by atoms with E-state index in [1.54, 1.807) is 0 Å². The second-order valence-corrected chi connectivity index (χ2v) is 7.41. The molecule has 2 N–H and O–H groups in total. The summed E-state index contributed by atoms with van der Waals surface area (Å²) in [6.45, 7) is 6.48. The molecule has 0 heterocycles. The lowest BCUT2D eigenvalue weighted by Crippen LogP contribution is -1.92. The number of rotatable bonds is 1. The van der Waals surface area contributed by atoms with Crippen LogP contribution in [0, 0.1) is 20.8 Å². The highest BCUT2D eigenvalue weighted by Gasteiger charge is 2.23. The maximum atomic E-state index is 6.38. The van der Waals surface area contributed by atoms with Crippen LogP contribution in [0.2, 0.25) is 0 Å². The molecule has 126 valence electrons. The van der Waals surface area contributed by atoms with Crippen molar-refractivity contribution in [2.45, 2.75) is 20.8 Å². The highest BCUT2D eigenvalue weighted by molar-refractivity contribution is 6.18. The van der Waals surface area contributed by atoms with Crippen LogP contribution in [0.15, 0.2) is 60.7 Å². The summed E-state index contributed by atoms with van der Waals surface area (Å²) < 4.78 is 0. The third-order valence-corrected chi connectivity index (χ3v) is 5.78. The van der Waals surface area contributed by atoms with Crippen LogP contribution in [-0.2, 0) is 0 Å². The van der Waals surface area contributed by atoms with Crippen molar-refractivity contribution in [1.29, 1.82) is 0 Å². The predicted octanol–water partition coefficient (Wildman–Crippen LogP) is 6.66. The maximum absolute atomic E-state index is 6.38. The van der Waals surface area contributed by atoms with Crippen molar-refractivity contribution in [3.63, 3.8) is 0 Å². The van der Waals surface area contributed by atoms with Crippen LogP contribution in [-0.4, -0.2) is 0 Å². The topological polar surface area (TPSA) is 26.0 Å². The summed E-state index contributed by atoms with van der Waals surface area (Å²) in [5.41, 5.74) is 18.9. The average Bonchev–Trinajstić information content (AvgIpc) is 2.94. The number of aryl methyl sites for hydroxylation is 3.